The number of carbonyl (C=O) groups is 1. The van der Waals surface area contributed by atoms with E-state index < -0.39 is 10.0 Å². The van der Waals surface area contributed by atoms with Gasteiger partial charge in [0.1, 0.15) is 5.82 Å². The molecule has 0 bridgehead atoms. The van der Waals surface area contributed by atoms with Gasteiger partial charge in [0, 0.05) is 25.8 Å². The van der Waals surface area contributed by atoms with Gasteiger partial charge in [0.2, 0.25) is 15.9 Å². The summed E-state index contributed by atoms with van der Waals surface area (Å²) in [6.45, 7) is 4.05. The van der Waals surface area contributed by atoms with Gasteiger partial charge in [-0.05, 0) is 41.8 Å². The highest BCUT2D eigenvalue weighted by molar-refractivity contribution is 7.89. The van der Waals surface area contributed by atoms with Crippen molar-refractivity contribution in [1.82, 2.24) is 9.62 Å². The van der Waals surface area contributed by atoms with Crippen LogP contribution in [0.25, 0.3) is 0 Å². The molecule has 0 unspecified atom stereocenters. The highest BCUT2D eigenvalue weighted by Crippen LogP contribution is 2.22. The van der Waals surface area contributed by atoms with Crippen LogP contribution in [0, 0.1) is 11.7 Å². The van der Waals surface area contributed by atoms with Crippen molar-refractivity contribution in [3.63, 3.8) is 0 Å². The molecule has 28 heavy (non-hydrogen) atoms. The number of benzene rings is 2. The van der Waals surface area contributed by atoms with Crippen molar-refractivity contribution in [2.75, 3.05) is 26.0 Å². The molecule has 2 rings (SSSR count). The maximum atomic E-state index is 13.1. The largest absolute Gasteiger partial charge is 0.325 e. The topological polar surface area (TPSA) is 78.5 Å². The van der Waals surface area contributed by atoms with Gasteiger partial charge < -0.3 is 10.6 Å². The summed E-state index contributed by atoms with van der Waals surface area (Å²) in [6, 6.07) is 12.2. The van der Waals surface area contributed by atoms with E-state index in [-0.39, 0.29) is 35.1 Å². The molecular formula is C20H26FN3O3S. The zero-order valence-electron chi connectivity index (χ0n) is 16.4. The molecule has 2 aromatic rings. The lowest BCUT2D eigenvalue weighted by molar-refractivity contribution is -0.115. The molecule has 1 amide bonds. The average molecular weight is 408 g/mol. The maximum Gasteiger partial charge on any atom is 0.242 e. The molecule has 0 aliphatic carbocycles. The Bertz CT molecular complexity index is 913. The highest BCUT2D eigenvalue weighted by Gasteiger charge is 2.19. The van der Waals surface area contributed by atoms with Gasteiger partial charge in [-0.25, -0.2) is 17.1 Å². The van der Waals surface area contributed by atoms with E-state index in [2.05, 4.69) is 10.6 Å². The smallest absolute Gasteiger partial charge is 0.242 e. The van der Waals surface area contributed by atoms with Crippen LogP contribution < -0.4 is 10.6 Å². The molecule has 0 aromatic heterocycles. The van der Waals surface area contributed by atoms with Gasteiger partial charge in [-0.15, -0.1) is 0 Å². The fourth-order valence-corrected chi connectivity index (χ4v) is 3.71. The first kappa shape index (κ1) is 22.0. The fourth-order valence-electron chi connectivity index (χ4n) is 2.76. The van der Waals surface area contributed by atoms with Crippen molar-refractivity contribution in [1.29, 1.82) is 0 Å². The number of amides is 1. The second-order valence-corrected chi connectivity index (χ2v) is 9.17. The Kier molecular flexibility index (Phi) is 7.29. The first-order valence-electron chi connectivity index (χ1n) is 8.92. The van der Waals surface area contributed by atoms with Crippen molar-refractivity contribution >= 4 is 21.6 Å². The Morgan fingerprint density at radius 2 is 1.75 bits per heavy atom. The van der Waals surface area contributed by atoms with Gasteiger partial charge in [-0.2, -0.15) is 0 Å². The van der Waals surface area contributed by atoms with Crippen LogP contribution >= 0.6 is 0 Å². The van der Waals surface area contributed by atoms with Crippen molar-refractivity contribution in [2.45, 2.75) is 24.8 Å². The molecule has 0 heterocycles. The number of rotatable bonds is 8. The van der Waals surface area contributed by atoms with Crippen molar-refractivity contribution in [2.24, 2.45) is 5.92 Å². The molecule has 1 atom stereocenters. The second kappa shape index (κ2) is 9.27. The number of nitrogens with one attached hydrogen (secondary N) is 2. The van der Waals surface area contributed by atoms with Gasteiger partial charge in [0.25, 0.3) is 0 Å². The summed E-state index contributed by atoms with van der Waals surface area (Å²) in [5.74, 6) is -0.421. The SMILES string of the molecule is CC(C)[C@@H](NCC(=O)Nc1cccc(S(=O)(=O)N(C)C)c1)c1ccc(F)cc1. The van der Waals surface area contributed by atoms with Crippen LogP contribution in [0.3, 0.4) is 0 Å². The molecule has 152 valence electrons. The summed E-state index contributed by atoms with van der Waals surface area (Å²) in [5.41, 5.74) is 1.29. The van der Waals surface area contributed by atoms with Gasteiger partial charge in [-0.1, -0.05) is 32.0 Å². The minimum Gasteiger partial charge on any atom is -0.325 e. The van der Waals surface area contributed by atoms with Crippen LogP contribution in [0.4, 0.5) is 10.1 Å². The average Bonchev–Trinajstić information content (AvgIpc) is 2.63. The number of sulfonamides is 1. The molecule has 0 radical (unpaired) electrons. The number of hydrogen-bond acceptors (Lipinski definition) is 4. The molecule has 0 spiro atoms. The lowest BCUT2D eigenvalue weighted by Crippen LogP contribution is -2.33. The molecule has 2 aromatic carbocycles. The Labute approximate surface area is 165 Å². The Morgan fingerprint density at radius 3 is 2.32 bits per heavy atom. The van der Waals surface area contributed by atoms with Crippen LogP contribution in [0.2, 0.25) is 0 Å². The molecule has 6 nitrogen and oxygen atoms in total. The van der Waals surface area contributed by atoms with E-state index in [9.17, 15) is 17.6 Å². The van der Waals surface area contributed by atoms with Crippen LogP contribution in [-0.2, 0) is 14.8 Å². The minimum atomic E-state index is -3.58. The van der Waals surface area contributed by atoms with Gasteiger partial charge in [0.15, 0.2) is 0 Å². The van der Waals surface area contributed by atoms with E-state index in [0.29, 0.717) is 5.69 Å². The van der Waals surface area contributed by atoms with E-state index in [1.165, 1.54) is 38.4 Å². The maximum absolute atomic E-state index is 13.1. The lowest BCUT2D eigenvalue weighted by Gasteiger charge is -2.23. The number of carbonyl (C=O) groups excluding carboxylic acids is 1. The lowest BCUT2D eigenvalue weighted by atomic mass is 9.96. The molecule has 0 aliphatic heterocycles. The fraction of sp³-hybridized carbons (Fsp3) is 0.350. The van der Waals surface area contributed by atoms with Gasteiger partial charge in [0.05, 0.1) is 11.4 Å². The van der Waals surface area contributed by atoms with Crippen LogP contribution in [-0.4, -0.2) is 39.3 Å². The molecular weight excluding hydrogens is 381 g/mol. The Balaban J connectivity index is 2.04. The number of nitrogens with zero attached hydrogens (tertiary/aromatic N) is 1. The van der Waals surface area contributed by atoms with Crippen LogP contribution in [0.1, 0.15) is 25.5 Å². The number of halogens is 1. The van der Waals surface area contributed by atoms with Crippen molar-refractivity contribution in [3.05, 3.63) is 59.9 Å². The molecule has 0 saturated carbocycles. The van der Waals surface area contributed by atoms with Gasteiger partial charge in [-0.3, -0.25) is 4.79 Å². The third kappa shape index (κ3) is 5.60. The molecule has 0 saturated heterocycles. The van der Waals surface area contributed by atoms with Crippen LogP contribution in [0.5, 0.6) is 0 Å². The zero-order chi connectivity index (χ0) is 20.9. The Morgan fingerprint density at radius 1 is 1.11 bits per heavy atom. The Hall–Kier alpha value is -2.29. The van der Waals surface area contributed by atoms with E-state index in [1.54, 1.807) is 24.3 Å². The highest BCUT2D eigenvalue weighted by atomic mass is 32.2. The molecule has 2 N–H and O–H groups in total. The predicted octanol–water partition coefficient (Wildman–Crippen LogP) is 3.00. The summed E-state index contributed by atoms with van der Waals surface area (Å²) < 4.78 is 38.7. The molecule has 0 aliphatic rings. The van der Waals surface area contributed by atoms with Crippen molar-refractivity contribution in [3.8, 4) is 0 Å². The summed E-state index contributed by atoms with van der Waals surface area (Å²) in [7, 11) is -0.675. The van der Waals surface area contributed by atoms with E-state index in [0.717, 1.165) is 9.87 Å². The van der Waals surface area contributed by atoms with Gasteiger partial charge >= 0.3 is 0 Å². The quantitative estimate of drug-likeness (QED) is 0.705. The monoisotopic (exact) mass is 407 g/mol. The summed E-state index contributed by atoms with van der Waals surface area (Å²) >= 11 is 0. The molecule has 8 heteroatoms. The van der Waals surface area contributed by atoms with Crippen molar-refractivity contribution < 1.29 is 17.6 Å². The standard InChI is InChI=1S/C20H26FN3O3S/c1-14(2)20(15-8-10-16(21)11-9-15)22-13-19(25)23-17-6-5-7-18(12-17)28(26,27)24(3)4/h5-12,14,20,22H,13H2,1-4H3,(H,23,25)/t20-/m1/s1. The predicted molar refractivity (Wildman–Crippen MR) is 108 cm³/mol. The normalized spacial score (nSPS) is 13.0. The third-order valence-electron chi connectivity index (χ3n) is 4.27. The number of anilines is 1. The van der Waals surface area contributed by atoms with E-state index >= 15 is 0 Å². The third-order valence-corrected chi connectivity index (χ3v) is 6.09. The second-order valence-electron chi connectivity index (χ2n) is 7.02. The van der Waals surface area contributed by atoms with E-state index in [1.807, 2.05) is 13.8 Å². The summed E-state index contributed by atoms with van der Waals surface area (Å²) in [5, 5.41) is 5.88. The summed E-state index contributed by atoms with van der Waals surface area (Å²) in [6.07, 6.45) is 0. The minimum absolute atomic E-state index is 0.0326. The molecule has 0 fully saturated rings. The van der Waals surface area contributed by atoms with E-state index in [4.69, 9.17) is 0 Å². The first-order valence-corrected chi connectivity index (χ1v) is 10.4. The zero-order valence-corrected chi connectivity index (χ0v) is 17.3. The van der Waals surface area contributed by atoms with Crippen LogP contribution in [0.15, 0.2) is 53.4 Å². The summed E-state index contributed by atoms with van der Waals surface area (Å²) in [4.78, 5) is 12.4. The first-order chi connectivity index (χ1) is 13.1. The number of hydrogen-bond donors (Lipinski definition) is 2.